The minimum absolute atomic E-state index is 0.157. The van der Waals surface area contributed by atoms with Crippen LogP contribution >= 0.6 is 11.3 Å². The molecule has 2 heterocycles. The summed E-state index contributed by atoms with van der Waals surface area (Å²) in [7, 11) is 0. The van der Waals surface area contributed by atoms with Crippen molar-refractivity contribution in [3.63, 3.8) is 0 Å². The van der Waals surface area contributed by atoms with E-state index in [4.69, 9.17) is 0 Å². The van der Waals surface area contributed by atoms with Crippen molar-refractivity contribution in [2.24, 2.45) is 5.41 Å². The lowest BCUT2D eigenvalue weighted by atomic mass is 9.89. The third-order valence-electron chi connectivity index (χ3n) is 3.83. The summed E-state index contributed by atoms with van der Waals surface area (Å²) in [6.07, 6.45) is 4.86. The maximum absolute atomic E-state index is 11.9. The molecule has 0 saturated heterocycles. The van der Waals surface area contributed by atoms with Crippen molar-refractivity contribution >= 4 is 11.3 Å². The van der Waals surface area contributed by atoms with Gasteiger partial charge in [0.15, 0.2) is 0 Å². The molecule has 1 aliphatic rings. The zero-order chi connectivity index (χ0) is 14.3. The zero-order valence-electron chi connectivity index (χ0n) is 12.7. The Kier molecular flexibility index (Phi) is 3.94. The molecule has 0 fully saturated rings. The molecule has 3 nitrogen and oxygen atoms in total. The van der Waals surface area contributed by atoms with Gasteiger partial charge >= 0.3 is 4.87 Å². The average Bonchev–Trinajstić information content (AvgIpc) is 2.74. The number of hydrogen-bond donors (Lipinski definition) is 1. The summed E-state index contributed by atoms with van der Waals surface area (Å²) in [5.74, 6) is 0. The highest BCUT2D eigenvalue weighted by molar-refractivity contribution is 7.07. The predicted octanol–water partition coefficient (Wildman–Crippen LogP) is 3.85. The van der Waals surface area contributed by atoms with Crippen LogP contribution in [0.25, 0.3) is 0 Å². The van der Waals surface area contributed by atoms with Gasteiger partial charge in [-0.2, -0.15) is 0 Å². The van der Waals surface area contributed by atoms with E-state index < -0.39 is 0 Å². The average molecular weight is 282 g/mol. The van der Waals surface area contributed by atoms with Crippen LogP contribution in [0.5, 0.6) is 0 Å². The van der Waals surface area contributed by atoms with Gasteiger partial charge in [-0.15, -0.1) is 0 Å². The van der Waals surface area contributed by atoms with Crippen LogP contribution in [0.2, 0.25) is 0 Å². The van der Waals surface area contributed by atoms with Gasteiger partial charge in [0.1, 0.15) is 0 Å². The molecule has 1 aliphatic heterocycles. The van der Waals surface area contributed by atoms with Gasteiger partial charge in [-0.3, -0.25) is 14.7 Å². The Bertz CT molecular complexity index is 493. The number of fused-ring (bicyclic) bond motifs is 1. The van der Waals surface area contributed by atoms with E-state index in [9.17, 15) is 4.79 Å². The number of rotatable bonds is 4. The van der Waals surface area contributed by atoms with Gasteiger partial charge in [0.05, 0.1) is 17.4 Å². The fourth-order valence-corrected chi connectivity index (χ4v) is 3.83. The Morgan fingerprint density at radius 3 is 2.68 bits per heavy atom. The van der Waals surface area contributed by atoms with Crippen LogP contribution in [0.4, 0.5) is 0 Å². The highest BCUT2D eigenvalue weighted by Crippen LogP contribution is 2.33. The van der Waals surface area contributed by atoms with Crippen LogP contribution in [0, 0.1) is 5.41 Å². The molecule has 4 heteroatoms. The number of aromatic nitrogens is 1. The molecule has 2 rings (SSSR count). The topological polar surface area (TPSA) is 34.0 Å². The fourth-order valence-electron chi connectivity index (χ4n) is 2.90. The first-order chi connectivity index (χ1) is 8.71. The molecule has 0 bridgehead atoms. The van der Waals surface area contributed by atoms with Crippen molar-refractivity contribution in [2.75, 3.05) is 0 Å². The maximum Gasteiger partial charge on any atom is 0.308 e. The van der Waals surface area contributed by atoms with E-state index in [1.54, 1.807) is 0 Å². The molecule has 0 spiro atoms. The molecule has 19 heavy (non-hydrogen) atoms. The highest BCUT2D eigenvalue weighted by Gasteiger charge is 2.37. The van der Waals surface area contributed by atoms with Crippen LogP contribution in [-0.2, 0) is 5.66 Å². The van der Waals surface area contributed by atoms with Gasteiger partial charge in [0.25, 0.3) is 0 Å². The third kappa shape index (κ3) is 3.29. The van der Waals surface area contributed by atoms with E-state index >= 15 is 0 Å². The molecule has 0 saturated carbocycles. The molecule has 0 aliphatic carbocycles. The third-order valence-corrected chi connectivity index (χ3v) is 4.58. The minimum Gasteiger partial charge on any atom is -0.286 e. The number of unbranched alkanes of at least 4 members (excludes halogenated alkanes) is 1. The van der Waals surface area contributed by atoms with E-state index in [2.05, 4.69) is 39.9 Å². The summed E-state index contributed by atoms with van der Waals surface area (Å²) in [5, 5.41) is 5.61. The first kappa shape index (κ1) is 14.8. The lowest BCUT2D eigenvalue weighted by Crippen LogP contribution is -2.40. The lowest BCUT2D eigenvalue weighted by Gasteiger charge is -2.22. The van der Waals surface area contributed by atoms with Gasteiger partial charge in [0.2, 0.25) is 0 Å². The Labute approximate surface area is 120 Å². The number of thiazole rings is 1. The standard InChI is InChI=1S/C15H26N2OS/c1-14(2,3)9-7-6-8-11-12-10-19-13(18)17(12)15(4,5)16-11/h10-11,16H,6-9H2,1-5H3. The van der Waals surface area contributed by atoms with E-state index in [1.807, 2.05) is 9.95 Å². The van der Waals surface area contributed by atoms with Crippen LogP contribution in [0.15, 0.2) is 10.2 Å². The highest BCUT2D eigenvalue weighted by atomic mass is 32.1. The number of nitrogens with one attached hydrogen (secondary N) is 1. The largest absolute Gasteiger partial charge is 0.308 e. The Hall–Kier alpha value is -0.610. The second-order valence-electron chi connectivity index (χ2n) is 7.32. The predicted molar refractivity (Wildman–Crippen MR) is 81.7 cm³/mol. The lowest BCUT2D eigenvalue weighted by molar-refractivity contribution is 0.286. The van der Waals surface area contributed by atoms with Gasteiger partial charge in [-0.05, 0) is 32.1 Å². The van der Waals surface area contributed by atoms with E-state index in [-0.39, 0.29) is 10.5 Å². The minimum atomic E-state index is -0.235. The van der Waals surface area contributed by atoms with E-state index in [0.29, 0.717) is 11.5 Å². The summed E-state index contributed by atoms with van der Waals surface area (Å²) < 4.78 is 1.92. The van der Waals surface area contributed by atoms with Crippen molar-refractivity contribution in [3.8, 4) is 0 Å². The molecule has 108 valence electrons. The van der Waals surface area contributed by atoms with E-state index in [0.717, 1.165) is 6.42 Å². The Morgan fingerprint density at radius 1 is 1.37 bits per heavy atom. The summed E-state index contributed by atoms with van der Waals surface area (Å²) in [5.41, 5.74) is 1.37. The van der Waals surface area contributed by atoms with Crippen molar-refractivity contribution in [1.29, 1.82) is 0 Å². The molecule has 1 aromatic rings. The maximum atomic E-state index is 11.9. The molecule has 1 N–H and O–H groups in total. The first-order valence-electron chi connectivity index (χ1n) is 7.19. The second kappa shape index (κ2) is 5.06. The van der Waals surface area contributed by atoms with Crippen LogP contribution in [-0.4, -0.2) is 4.57 Å². The summed E-state index contributed by atoms with van der Waals surface area (Å²) in [6, 6.07) is 0.342. The van der Waals surface area contributed by atoms with E-state index in [1.165, 1.54) is 36.3 Å². The fraction of sp³-hybridized carbons (Fsp3) is 0.800. The summed E-state index contributed by atoms with van der Waals surface area (Å²) in [4.78, 5) is 12.0. The molecule has 1 atom stereocenters. The van der Waals surface area contributed by atoms with Gasteiger partial charge in [0, 0.05) is 5.38 Å². The van der Waals surface area contributed by atoms with Crippen molar-refractivity contribution < 1.29 is 0 Å². The van der Waals surface area contributed by atoms with Crippen molar-refractivity contribution in [3.05, 3.63) is 20.7 Å². The molecule has 1 unspecified atom stereocenters. The number of hydrogen-bond acceptors (Lipinski definition) is 3. The monoisotopic (exact) mass is 282 g/mol. The smallest absolute Gasteiger partial charge is 0.286 e. The van der Waals surface area contributed by atoms with Gasteiger partial charge in [-0.1, -0.05) is 44.9 Å². The normalized spacial score (nSPS) is 21.6. The SMILES string of the molecule is CC(C)(C)CCCCC1NC(C)(C)n2c1csc2=O. The molecule has 1 aromatic heterocycles. The Morgan fingerprint density at radius 2 is 2.05 bits per heavy atom. The first-order valence-corrected chi connectivity index (χ1v) is 8.07. The summed E-state index contributed by atoms with van der Waals surface area (Å²) in [6.45, 7) is 11.0. The van der Waals surface area contributed by atoms with Gasteiger partial charge < -0.3 is 0 Å². The van der Waals surface area contributed by atoms with Crippen LogP contribution in [0.3, 0.4) is 0 Å². The zero-order valence-corrected chi connectivity index (χ0v) is 13.6. The molecule has 0 amide bonds. The number of nitrogens with zero attached hydrogens (tertiary/aromatic N) is 1. The van der Waals surface area contributed by atoms with Gasteiger partial charge in [-0.25, -0.2) is 0 Å². The molecular formula is C15H26N2OS. The molecule has 0 aromatic carbocycles. The quantitative estimate of drug-likeness (QED) is 0.851. The molecular weight excluding hydrogens is 256 g/mol. The second-order valence-corrected chi connectivity index (χ2v) is 8.14. The van der Waals surface area contributed by atoms with Crippen molar-refractivity contribution in [1.82, 2.24) is 9.88 Å². The Balaban J connectivity index is 1.95. The van der Waals surface area contributed by atoms with Crippen molar-refractivity contribution in [2.45, 2.75) is 72.0 Å². The van der Waals surface area contributed by atoms with Crippen LogP contribution < -0.4 is 10.2 Å². The summed E-state index contributed by atoms with van der Waals surface area (Å²) >= 11 is 1.32. The molecule has 0 radical (unpaired) electrons. The van der Waals surface area contributed by atoms with Crippen LogP contribution in [0.1, 0.15) is 72.0 Å².